The summed E-state index contributed by atoms with van der Waals surface area (Å²) in [6, 6.07) is 7.73. The molecule has 0 spiro atoms. The highest BCUT2D eigenvalue weighted by atomic mass is 16.4. The molecule has 0 aliphatic heterocycles. The van der Waals surface area contributed by atoms with Crippen molar-refractivity contribution in [2.45, 2.75) is 25.5 Å². The highest BCUT2D eigenvalue weighted by Crippen LogP contribution is 2.03. The van der Waals surface area contributed by atoms with Gasteiger partial charge in [-0.3, -0.25) is 4.79 Å². The van der Waals surface area contributed by atoms with Crippen LogP contribution in [0.2, 0.25) is 0 Å². The SMILES string of the molecule is C[C@H](O)C(=O)N[C@@H](Cc1ccccc1)C(=O)[O-]. The molecular weight excluding hydrogens is 222 g/mol. The van der Waals surface area contributed by atoms with E-state index in [2.05, 4.69) is 5.32 Å². The molecule has 1 aromatic rings. The first kappa shape index (κ1) is 13.2. The molecule has 2 N–H and O–H groups in total. The number of aliphatic hydroxyl groups is 1. The third kappa shape index (κ3) is 4.24. The van der Waals surface area contributed by atoms with Gasteiger partial charge in [-0.05, 0) is 18.9 Å². The van der Waals surface area contributed by atoms with Crippen LogP contribution in [0.1, 0.15) is 12.5 Å². The molecule has 17 heavy (non-hydrogen) atoms. The fourth-order valence-corrected chi connectivity index (χ4v) is 1.34. The van der Waals surface area contributed by atoms with Crippen molar-refractivity contribution < 1.29 is 19.8 Å². The van der Waals surface area contributed by atoms with E-state index >= 15 is 0 Å². The zero-order valence-electron chi connectivity index (χ0n) is 9.42. The topological polar surface area (TPSA) is 89.5 Å². The number of hydrogen-bond acceptors (Lipinski definition) is 4. The monoisotopic (exact) mass is 236 g/mol. The Hall–Kier alpha value is -1.88. The Labute approximate surface area is 99.1 Å². The molecule has 0 heterocycles. The number of aliphatic carboxylic acids is 1. The first-order valence-corrected chi connectivity index (χ1v) is 5.24. The van der Waals surface area contributed by atoms with Crippen molar-refractivity contribution in [2.24, 2.45) is 0 Å². The van der Waals surface area contributed by atoms with Crippen LogP contribution in [-0.4, -0.2) is 29.1 Å². The molecule has 5 heteroatoms. The van der Waals surface area contributed by atoms with E-state index in [1.807, 2.05) is 6.07 Å². The predicted octanol–water partition coefficient (Wildman–Crippen LogP) is -1.16. The van der Waals surface area contributed by atoms with Gasteiger partial charge in [0.1, 0.15) is 6.10 Å². The lowest BCUT2D eigenvalue weighted by molar-refractivity contribution is -0.308. The van der Waals surface area contributed by atoms with Crippen LogP contribution in [0.5, 0.6) is 0 Å². The standard InChI is InChI=1S/C12H15NO4/c1-8(14)11(15)13-10(12(16)17)7-9-5-3-2-4-6-9/h2-6,8,10,14H,7H2,1H3,(H,13,15)(H,16,17)/p-1/t8-,10-/m0/s1. The number of benzene rings is 1. The average Bonchev–Trinajstić information content (AvgIpc) is 2.29. The first-order chi connectivity index (χ1) is 8.00. The molecule has 2 atom stereocenters. The second-order valence-electron chi connectivity index (χ2n) is 3.75. The van der Waals surface area contributed by atoms with Gasteiger partial charge in [0, 0.05) is 0 Å². The number of hydrogen-bond donors (Lipinski definition) is 2. The normalized spacial score (nSPS) is 13.8. The van der Waals surface area contributed by atoms with Gasteiger partial charge in [0.15, 0.2) is 0 Å². The summed E-state index contributed by atoms with van der Waals surface area (Å²) < 4.78 is 0. The summed E-state index contributed by atoms with van der Waals surface area (Å²) in [6.07, 6.45) is -1.12. The molecule has 0 radical (unpaired) electrons. The summed E-state index contributed by atoms with van der Waals surface area (Å²) in [4.78, 5) is 22.1. The van der Waals surface area contributed by atoms with Crippen LogP contribution in [0.25, 0.3) is 0 Å². The van der Waals surface area contributed by atoms with E-state index in [-0.39, 0.29) is 6.42 Å². The molecule has 1 amide bonds. The summed E-state index contributed by atoms with van der Waals surface area (Å²) in [5, 5.41) is 22.1. The molecule has 0 aliphatic rings. The number of aliphatic hydroxyl groups excluding tert-OH is 1. The molecule has 1 aromatic carbocycles. The van der Waals surface area contributed by atoms with E-state index in [1.54, 1.807) is 24.3 Å². The summed E-state index contributed by atoms with van der Waals surface area (Å²) in [5.41, 5.74) is 0.771. The third-order valence-electron chi connectivity index (χ3n) is 2.26. The molecule has 0 aromatic heterocycles. The molecule has 0 saturated heterocycles. The smallest absolute Gasteiger partial charge is 0.249 e. The lowest BCUT2D eigenvalue weighted by atomic mass is 10.1. The van der Waals surface area contributed by atoms with Gasteiger partial charge in [-0.15, -0.1) is 0 Å². The van der Waals surface area contributed by atoms with Crippen molar-refractivity contribution in [1.29, 1.82) is 0 Å². The lowest BCUT2D eigenvalue weighted by Gasteiger charge is -2.20. The minimum atomic E-state index is -1.37. The van der Waals surface area contributed by atoms with Crippen LogP contribution >= 0.6 is 0 Å². The number of carboxylic acids is 1. The van der Waals surface area contributed by atoms with Crippen molar-refractivity contribution >= 4 is 11.9 Å². The van der Waals surface area contributed by atoms with Gasteiger partial charge in [-0.1, -0.05) is 30.3 Å². The van der Waals surface area contributed by atoms with E-state index < -0.39 is 24.0 Å². The van der Waals surface area contributed by atoms with Crippen LogP contribution in [0, 0.1) is 0 Å². The predicted molar refractivity (Wildman–Crippen MR) is 58.8 cm³/mol. The summed E-state index contributed by atoms with van der Waals surface area (Å²) >= 11 is 0. The number of nitrogens with one attached hydrogen (secondary N) is 1. The fourth-order valence-electron chi connectivity index (χ4n) is 1.34. The Morgan fingerprint density at radius 2 is 1.94 bits per heavy atom. The van der Waals surface area contributed by atoms with Crippen LogP contribution < -0.4 is 10.4 Å². The quantitative estimate of drug-likeness (QED) is 0.675. The minimum absolute atomic E-state index is 0.127. The molecule has 92 valence electrons. The Bertz CT molecular complexity index is 389. The largest absolute Gasteiger partial charge is 0.548 e. The van der Waals surface area contributed by atoms with E-state index in [0.29, 0.717) is 0 Å². The number of carbonyl (C=O) groups is 2. The Kier molecular flexibility index (Phi) is 4.66. The van der Waals surface area contributed by atoms with Crippen molar-refractivity contribution in [3.05, 3.63) is 35.9 Å². The first-order valence-electron chi connectivity index (χ1n) is 5.24. The number of rotatable bonds is 5. The van der Waals surface area contributed by atoms with Gasteiger partial charge >= 0.3 is 0 Å². The van der Waals surface area contributed by atoms with Gasteiger partial charge in [-0.2, -0.15) is 0 Å². The maximum Gasteiger partial charge on any atom is 0.249 e. The van der Waals surface area contributed by atoms with Gasteiger partial charge in [0.2, 0.25) is 5.91 Å². The summed E-state index contributed by atoms with van der Waals surface area (Å²) in [7, 11) is 0. The summed E-state index contributed by atoms with van der Waals surface area (Å²) in [5.74, 6) is -2.10. The maximum atomic E-state index is 11.2. The Balaban J connectivity index is 2.68. The number of carbonyl (C=O) groups excluding carboxylic acids is 2. The lowest BCUT2D eigenvalue weighted by Crippen LogP contribution is -2.51. The van der Waals surface area contributed by atoms with Gasteiger partial charge in [0.25, 0.3) is 0 Å². The van der Waals surface area contributed by atoms with E-state index in [4.69, 9.17) is 5.11 Å². The van der Waals surface area contributed by atoms with Crippen LogP contribution in [0.3, 0.4) is 0 Å². The van der Waals surface area contributed by atoms with E-state index in [0.717, 1.165) is 5.56 Å². The van der Waals surface area contributed by atoms with Gasteiger partial charge in [-0.25, -0.2) is 0 Å². The van der Waals surface area contributed by atoms with Gasteiger partial charge < -0.3 is 20.3 Å². The highest BCUT2D eigenvalue weighted by Gasteiger charge is 2.16. The van der Waals surface area contributed by atoms with Crippen molar-refractivity contribution in [2.75, 3.05) is 0 Å². The summed E-state index contributed by atoms with van der Waals surface area (Å²) in [6.45, 7) is 1.27. The second-order valence-corrected chi connectivity index (χ2v) is 3.75. The molecule has 0 unspecified atom stereocenters. The van der Waals surface area contributed by atoms with E-state index in [1.165, 1.54) is 6.92 Å². The Morgan fingerprint density at radius 1 is 1.35 bits per heavy atom. The van der Waals surface area contributed by atoms with Gasteiger partial charge in [0.05, 0.1) is 12.0 Å². The van der Waals surface area contributed by atoms with Crippen LogP contribution in [0.4, 0.5) is 0 Å². The molecule has 0 fully saturated rings. The molecule has 1 rings (SSSR count). The number of carboxylic acid groups (broad SMARTS) is 1. The van der Waals surface area contributed by atoms with Crippen LogP contribution in [0.15, 0.2) is 30.3 Å². The Morgan fingerprint density at radius 3 is 2.41 bits per heavy atom. The molecular formula is C12H14NO4-. The minimum Gasteiger partial charge on any atom is -0.548 e. The number of amides is 1. The molecule has 0 saturated carbocycles. The molecule has 0 aliphatic carbocycles. The third-order valence-corrected chi connectivity index (χ3v) is 2.26. The van der Waals surface area contributed by atoms with Crippen molar-refractivity contribution in [3.8, 4) is 0 Å². The van der Waals surface area contributed by atoms with E-state index in [9.17, 15) is 14.7 Å². The highest BCUT2D eigenvalue weighted by molar-refractivity contribution is 5.85. The van der Waals surface area contributed by atoms with Crippen molar-refractivity contribution in [3.63, 3.8) is 0 Å². The zero-order valence-corrected chi connectivity index (χ0v) is 9.42. The molecule has 0 bridgehead atoms. The zero-order chi connectivity index (χ0) is 12.8. The average molecular weight is 236 g/mol. The second kappa shape index (κ2) is 6.00. The van der Waals surface area contributed by atoms with Crippen molar-refractivity contribution in [1.82, 2.24) is 5.32 Å². The maximum absolute atomic E-state index is 11.2. The molecule has 5 nitrogen and oxygen atoms in total. The fraction of sp³-hybridized carbons (Fsp3) is 0.333. The van der Waals surface area contributed by atoms with Crippen LogP contribution in [-0.2, 0) is 16.0 Å².